The van der Waals surface area contributed by atoms with Crippen LogP contribution in [0, 0.1) is 0 Å². The first kappa shape index (κ1) is 16.3. The molecular formula is C21H18N2O3. The second-order valence-electron chi connectivity index (χ2n) is 6.48. The van der Waals surface area contributed by atoms with Crippen molar-refractivity contribution in [3.63, 3.8) is 0 Å². The van der Waals surface area contributed by atoms with Crippen molar-refractivity contribution in [3.05, 3.63) is 84.2 Å². The quantitative estimate of drug-likeness (QED) is 0.739. The molecule has 1 atom stereocenters. The van der Waals surface area contributed by atoms with Gasteiger partial charge in [-0.15, -0.1) is 0 Å². The van der Waals surface area contributed by atoms with E-state index in [0.29, 0.717) is 16.8 Å². The van der Waals surface area contributed by atoms with Gasteiger partial charge in [0, 0.05) is 36.3 Å². The number of hydrogen-bond donors (Lipinski definition) is 1. The number of fused-ring (bicyclic) bond motifs is 1. The van der Waals surface area contributed by atoms with E-state index in [1.165, 1.54) is 4.90 Å². The first-order valence-corrected chi connectivity index (χ1v) is 8.37. The average Bonchev–Trinajstić information content (AvgIpc) is 3.26. The number of ketones is 1. The largest absolute Gasteiger partial charge is 0.375 e. The lowest BCUT2D eigenvalue weighted by Crippen LogP contribution is -2.40. The van der Waals surface area contributed by atoms with Gasteiger partial charge in [0.2, 0.25) is 0 Å². The van der Waals surface area contributed by atoms with Crippen LogP contribution < -0.4 is 4.90 Å². The Bertz CT molecular complexity index is 994. The molecule has 0 spiro atoms. The van der Waals surface area contributed by atoms with Crippen molar-refractivity contribution < 1.29 is 14.7 Å². The van der Waals surface area contributed by atoms with E-state index in [0.717, 1.165) is 5.69 Å². The van der Waals surface area contributed by atoms with Crippen LogP contribution in [0.25, 0.3) is 5.69 Å². The van der Waals surface area contributed by atoms with E-state index in [4.69, 9.17) is 0 Å². The van der Waals surface area contributed by atoms with E-state index in [9.17, 15) is 14.7 Å². The molecule has 26 heavy (non-hydrogen) atoms. The summed E-state index contributed by atoms with van der Waals surface area (Å²) in [4.78, 5) is 26.9. The van der Waals surface area contributed by atoms with Gasteiger partial charge in [0.15, 0.2) is 11.4 Å². The Morgan fingerprint density at radius 3 is 2.54 bits per heavy atom. The standard InChI is InChI=1S/C21H18N2O3/c1-22-18-10-3-2-9-17(18)21(26,20(22)25)14-19(24)15-7-6-8-16(13-15)23-11-4-5-12-23/h2-13,26H,14H2,1H3/t21-/m0/s1. The van der Waals surface area contributed by atoms with Crippen LogP contribution in [0.15, 0.2) is 73.1 Å². The fraction of sp³-hybridized carbons (Fsp3) is 0.143. The Balaban J connectivity index is 1.67. The molecule has 2 aromatic carbocycles. The third kappa shape index (κ3) is 2.45. The molecule has 0 unspecified atom stereocenters. The molecule has 0 saturated carbocycles. The molecule has 2 heterocycles. The van der Waals surface area contributed by atoms with Crippen molar-refractivity contribution in [2.45, 2.75) is 12.0 Å². The molecule has 4 rings (SSSR count). The monoisotopic (exact) mass is 346 g/mol. The molecule has 1 aromatic heterocycles. The van der Waals surface area contributed by atoms with E-state index in [2.05, 4.69) is 0 Å². The second-order valence-corrected chi connectivity index (χ2v) is 6.48. The number of Topliss-reactive ketones (excluding diaryl/α,β-unsaturated/α-hetero) is 1. The molecule has 5 nitrogen and oxygen atoms in total. The van der Waals surface area contributed by atoms with Crippen LogP contribution >= 0.6 is 0 Å². The minimum Gasteiger partial charge on any atom is -0.375 e. The van der Waals surface area contributed by atoms with Crippen molar-refractivity contribution in [3.8, 4) is 5.69 Å². The summed E-state index contributed by atoms with van der Waals surface area (Å²) in [6.45, 7) is 0. The normalized spacial score (nSPS) is 18.8. The molecule has 0 fully saturated rings. The van der Waals surface area contributed by atoms with Crippen LogP contribution in [0.3, 0.4) is 0 Å². The first-order valence-electron chi connectivity index (χ1n) is 8.37. The van der Waals surface area contributed by atoms with Gasteiger partial charge in [-0.25, -0.2) is 0 Å². The highest BCUT2D eigenvalue weighted by atomic mass is 16.3. The van der Waals surface area contributed by atoms with E-state index in [-0.39, 0.29) is 12.2 Å². The number of para-hydroxylation sites is 1. The maximum Gasteiger partial charge on any atom is 0.263 e. The number of anilines is 1. The fourth-order valence-corrected chi connectivity index (χ4v) is 3.47. The Morgan fingerprint density at radius 2 is 1.77 bits per heavy atom. The highest BCUT2D eigenvalue weighted by molar-refractivity contribution is 6.10. The Morgan fingerprint density at radius 1 is 1.04 bits per heavy atom. The van der Waals surface area contributed by atoms with E-state index >= 15 is 0 Å². The number of aliphatic hydroxyl groups is 1. The van der Waals surface area contributed by atoms with Crippen molar-refractivity contribution in [1.29, 1.82) is 0 Å². The number of benzene rings is 2. The van der Waals surface area contributed by atoms with Crippen molar-refractivity contribution in [2.75, 3.05) is 11.9 Å². The lowest BCUT2D eigenvalue weighted by Gasteiger charge is -2.21. The summed E-state index contributed by atoms with van der Waals surface area (Å²) in [5, 5.41) is 11.1. The minimum atomic E-state index is -1.83. The highest BCUT2D eigenvalue weighted by Crippen LogP contribution is 2.41. The molecule has 0 bridgehead atoms. The summed E-state index contributed by atoms with van der Waals surface area (Å²) in [5.41, 5.74) is 0.593. The summed E-state index contributed by atoms with van der Waals surface area (Å²) in [7, 11) is 1.61. The zero-order valence-corrected chi connectivity index (χ0v) is 14.3. The third-order valence-corrected chi connectivity index (χ3v) is 4.86. The number of likely N-dealkylation sites (N-methyl/N-ethyl adjacent to an activating group) is 1. The minimum absolute atomic E-state index is 0.278. The molecule has 0 radical (unpaired) electrons. The predicted octanol–water partition coefficient (Wildman–Crippen LogP) is 2.91. The van der Waals surface area contributed by atoms with Gasteiger partial charge in [0.25, 0.3) is 5.91 Å². The summed E-state index contributed by atoms with van der Waals surface area (Å²) < 4.78 is 1.90. The van der Waals surface area contributed by atoms with Gasteiger partial charge in [-0.2, -0.15) is 0 Å². The van der Waals surface area contributed by atoms with Crippen LogP contribution in [-0.2, 0) is 10.4 Å². The Kier molecular flexibility index (Phi) is 3.74. The van der Waals surface area contributed by atoms with Gasteiger partial charge in [0.1, 0.15) is 0 Å². The number of carbonyl (C=O) groups excluding carboxylic acids is 2. The molecule has 5 heteroatoms. The highest BCUT2D eigenvalue weighted by Gasteiger charge is 2.49. The molecule has 130 valence electrons. The molecule has 0 saturated heterocycles. The SMILES string of the molecule is CN1C(=O)[C@](O)(CC(=O)c2cccc(-n3cccc3)c2)c2ccccc21. The van der Waals surface area contributed by atoms with E-state index < -0.39 is 11.5 Å². The summed E-state index contributed by atoms with van der Waals surface area (Å²) in [6.07, 6.45) is 3.49. The van der Waals surface area contributed by atoms with Crippen molar-refractivity contribution in [1.82, 2.24) is 4.57 Å². The number of hydrogen-bond acceptors (Lipinski definition) is 3. The molecule has 1 amide bonds. The summed E-state index contributed by atoms with van der Waals surface area (Å²) in [5.74, 6) is -0.756. The molecule has 1 aliphatic heterocycles. The van der Waals surface area contributed by atoms with E-state index in [1.54, 1.807) is 49.5 Å². The lowest BCUT2D eigenvalue weighted by molar-refractivity contribution is -0.135. The van der Waals surface area contributed by atoms with Crippen molar-refractivity contribution in [2.24, 2.45) is 0 Å². The topological polar surface area (TPSA) is 62.5 Å². The zero-order chi connectivity index (χ0) is 18.3. The number of nitrogens with zero attached hydrogens (tertiary/aromatic N) is 2. The summed E-state index contributed by atoms with van der Waals surface area (Å²) >= 11 is 0. The molecular weight excluding hydrogens is 328 g/mol. The first-order chi connectivity index (χ1) is 12.5. The van der Waals surface area contributed by atoms with Crippen LogP contribution in [0.1, 0.15) is 22.3 Å². The Labute approximate surface area is 151 Å². The van der Waals surface area contributed by atoms with Gasteiger partial charge < -0.3 is 14.6 Å². The summed E-state index contributed by atoms with van der Waals surface area (Å²) in [6, 6.07) is 18.0. The predicted molar refractivity (Wildman–Crippen MR) is 98.5 cm³/mol. The Hall–Kier alpha value is -3.18. The van der Waals surface area contributed by atoms with Gasteiger partial charge in [0.05, 0.1) is 12.1 Å². The van der Waals surface area contributed by atoms with Crippen molar-refractivity contribution >= 4 is 17.4 Å². The zero-order valence-electron chi connectivity index (χ0n) is 14.3. The smallest absolute Gasteiger partial charge is 0.263 e. The average molecular weight is 346 g/mol. The number of carbonyl (C=O) groups is 2. The van der Waals surface area contributed by atoms with Gasteiger partial charge in [-0.05, 0) is 30.3 Å². The van der Waals surface area contributed by atoms with Crippen LogP contribution in [0.4, 0.5) is 5.69 Å². The second kappa shape index (κ2) is 5.97. The molecule has 3 aromatic rings. The lowest BCUT2D eigenvalue weighted by atomic mass is 9.88. The number of amides is 1. The number of rotatable bonds is 4. The third-order valence-electron chi connectivity index (χ3n) is 4.86. The molecule has 1 N–H and O–H groups in total. The van der Waals surface area contributed by atoms with Gasteiger partial charge in [-0.3, -0.25) is 9.59 Å². The maximum absolute atomic E-state index is 12.8. The van der Waals surface area contributed by atoms with Gasteiger partial charge >= 0.3 is 0 Å². The van der Waals surface area contributed by atoms with Crippen LogP contribution in [-0.4, -0.2) is 28.4 Å². The van der Waals surface area contributed by atoms with Crippen LogP contribution in [0.5, 0.6) is 0 Å². The van der Waals surface area contributed by atoms with E-state index in [1.807, 2.05) is 35.2 Å². The molecule has 1 aliphatic rings. The maximum atomic E-state index is 12.8. The number of aromatic nitrogens is 1. The van der Waals surface area contributed by atoms with Gasteiger partial charge in [-0.1, -0.05) is 30.3 Å². The molecule has 0 aliphatic carbocycles. The van der Waals surface area contributed by atoms with Crippen LogP contribution in [0.2, 0.25) is 0 Å². The fourth-order valence-electron chi connectivity index (χ4n) is 3.47.